The second-order valence-corrected chi connectivity index (χ2v) is 22.3. The third-order valence-electron chi connectivity index (χ3n) is 3.87. The van der Waals surface area contributed by atoms with Gasteiger partial charge in [0.2, 0.25) is 0 Å². The van der Waals surface area contributed by atoms with Gasteiger partial charge in [-0.3, -0.25) is 0 Å². The largest absolute Gasteiger partial charge is 0.197 e. The predicted octanol–water partition coefficient (Wildman–Crippen LogP) is 17.1. The summed E-state index contributed by atoms with van der Waals surface area (Å²) in [6.45, 7) is 23.5. The zero-order chi connectivity index (χ0) is 36.3. The molecule has 0 unspecified atom stereocenters. The van der Waals surface area contributed by atoms with E-state index in [1.807, 2.05) is 115 Å². The number of hydrogen-bond acceptors (Lipinski definition) is 12. The quantitative estimate of drug-likeness (QED) is 0.0358. The maximum Gasteiger partial charge on any atom is 0.0218 e. The van der Waals surface area contributed by atoms with Crippen LogP contribution in [0.5, 0.6) is 0 Å². The Balaban J connectivity index is -0.000000127. The van der Waals surface area contributed by atoms with Crippen molar-refractivity contribution in [3.8, 4) is 0 Å². The summed E-state index contributed by atoms with van der Waals surface area (Å²) < 4.78 is 0. The molecule has 50 heavy (non-hydrogen) atoms. The normalized spacial score (nSPS) is 10.3. The highest BCUT2D eigenvalue weighted by atomic mass is 33.1. The highest BCUT2D eigenvalue weighted by molar-refractivity contribution is 8.78. The van der Waals surface area contributed by atoms with Gasteiger partial charge >= 0.3 is 0 Å². The molecule has 0 rings (SSSR count). The molecule has 0 aliphatic rings. The van der Waals surface area contributed by atoms with Crippen LogP contribution in [-0.2, 0) is 0 Å². The van der Waals surface area contributed by atoms with E-state index in [9.17, 15) is 0 Å². The standard InChI is InChI=1S/4C9H16S3.2H2S/c4*1-3-6-10-8-5-9-12-11-7-4-2;;/h4*4-5,9H,2-3,6-8H2,1H3;2*1H2/b4*9-5+;;. The van der Waals surface area contributed by atoms with Crippen LogP contribution in [0.3, 0.4) is 0 Å². The third-order valence-corrected chi connectivity index (χ3v) is 16.2. The molecule has 0 aromatic carbocycles. The monoisotopic (exact) mass is 948 g/mol. The first-order chi connectivity index (χ1) is 23.7. The summed E-state index contributed by atoms with van der Waals surface area (Å²) in [4.78, 5) is 0. The second kappa shape index (κ2) is 73.0. The van der Waals surface area contributed by atoms with E-state index < -0.39 is 0 Å². The summed E-state index contributed by atoms with van der Waals surface area (Å²) in [5.41, 5.74) is 0. The maximum atomic E-state index is 3.66. The van der Waals surface area contributed by atoms with Gasteiger partial charge in [0.1, 0.15) is 0 Å². The van der Waals surface area contributed by atoms with Crippen molar-refractivity contribution in [2.45, 2.75) is 53.4 Å². The Labute approximate surface area is 374 Å². The molecule has 0 bridgehead atoms. The predicted molar refractivity (Wildman–Crippen MR) is 289 cm³/mol. The summed E-state index contributed by atoms with van der Waals surface area (Å²) in [6.07, 6.45) is 21.7. The molecule has 296 valence electrons. The zero-order valence-corrected chi connectivity index (χ0v) is 42.8. The Kier molecular flexibility index (Phi) is 94.5. The van der Waals surface area contributed by atoms with E-state index in [0.717, 1.165) is 46.0 Å². The van der Waals surface area contributed by atoms with Gasteiger partial charge in [0, 0.05) is 46.0 Å². The van der Waals surface area contributed by atoms with E-state index >= 15 is 0 Å². The van der Waals surface area contributed by atoms with Crippen LogP contribution in [0.15, 0.2) is 96.6 Å². The van der Waals surface area contributed by atoms with Crippen LogP contribution in [0.2, 0.25) is 0 Å². The fraction of sp³-hybridized carbons (Fsp3) is 0.556. The molecule has 0 saturated carbocycles. The molecule has 0 nitrogen and oxygen atoms in total. The molecule has 0 aliphatic heterocycles. The highest BCUT2D eigenvalue weighted by Gasteiger charge is 1.85. The fourth-order valence-electron chi connectivity index (χ4n) is 2.00. The van der Waals surface area contributed by atoms with Crippen LogP contribution in [0.25, 0.3) is 0 Å². The summed E-state index contributed by atoms with van der Waals surface area (Å²) in [5.74, 6) is 13.8. The van der Waals surface area contributed by atoms with Crippen LogP contribution in [0, 0.1) is 0 Å². The molecule has 0 N–H and O–H groups in total. The minimum absolute atomic E-state index is 0. The van der Waals surface area contributed by atoms with Crippen LogP contribution < -0.4 is 0 Å². The average Bonchev–Trinajstić information content (AvgIpc) is 3.10. The first-order valence-corrected chi connectivity index (χ1v) is 30.3. The van der Waals surface area contributed by atoms with Gasteiger partial charge in [-0.15, -0.1) is 26.3 Å². The van der Waals surface area contributed by atoms with Crippen molar-refractivity contribution in [3.05, 3.63) is 96.6 Å². The SMILES string of the molecule is C=CCSS/C=C/CSCCC.C=CCSS/C=C/CSCCC.C=CCSS/C=C/CSCCC.C=CCSS/C=C/CSCCC.S.S. The molecular formula is C36H68S14. The molecule has 0 amide bonds. The van der Waals surface area contributed by atoms with E-state index in [-0.39, 0.29) is 27.0 Å². The van der Waals surface area contributed by atoms with Crippen molar-refractivity contribution in [1.29, 1.82) is 0 Å². The van der Waals surface area contributed by atoms with E-state index in [4.69, 9.17) is 0 Å². The minimum atomic E-state index is 0. The van der Waals surface area contributed by atoms with Gasteiger partial charge in [-0.1, -0.05) is 163 Å². The van der Waals surface area contributed by atoms with Crippen molar-refractivity contribution >= 4 is 160 Å². The van der Waals surface area contributed by atoms with Crippen molar-refractivity contribution in [1.82, 2.24) is 0 Å². The molecule has 0 heterocycles. The summed E-state index contributed by atoms with van der Waals surface area (Å²) in [6, 6.07) is 0. The van der Waals surface area contributed by atoms with Gasteiger partial charge in [-0.2, -0.15) is 74.0 Å². The Bertz CT molecular complexity index is 608. The van der Waals surface area contributed by atoms with E-state index in [1.165, 1.54) is 48.7 Å². The van der Waals surface area contributed by atoms with Crippen LogP contribution in [0.4, 0.5) is 0 Å². The zero-order valence-electron chi connectivity index (χ0n) is 31.0. The van der Waals surface area contributed by atoms with Crippen LogP contribution in [0.1, 0.15) is 53.4 Å². The van der Waals surface area contributed by atoms with Gasteiger partial charge in [0.15, 0.2) is 0 Å². The van der Waals surface area contributed by atoms with E-state index in [1.54, 1.807) is 43.2 Å². The summed E-state index contributed by atoms with van der Waals surface area (Å²) in [7, 11) is 14.4. The molecule has 14 heteroatoms. The third kappa shape index (κ3) is 83.7. The van der Waals surface area contributed by atoms with Crippen LogP contribution >= 0.6 is 160 Å². The number of thioether (sulfide) groups is 4. The van der Waals surface area contributed by atoms with Crippen molar-refractivity contribution in [3.63, 3.8) is 0 Å². The van der Waals surface area contributed by atoms with Gasteiger partial charge in [0.05, 0.1) is 0 Å². The van der Waals surface area contributed by atoms with Gasteiger partial charge in [0.25, 0.3) is 0 Å². The van der Waals surface area contributed by atoms with Gasteiger partial charge in [-0.25, -0.2) is 0 Å². The highest BCUT2D eigenvalue weighted by Crippen LogP contribution is 2.24. The molecule has 0 aliphatic carbocycles. The lowest BCUT2D eigenvalue weighted by atomic mass is 10.6. The molecule has 0 atom stereocenters. The smallest absolute Gasteiger partial charge is 0.0218 e. The Hall–Kier alpha value is 2.82. The summed E-state index contributed by atoms with van der Waals surface area (Å²) >= 11 is 7.95. The lowest BCUT2D eigenvalue weighted by molar-refractivity contribution is 1.11. The van der Waals surface area contributed by atoms with Crippen molar-refractivity contribution in [2.75, 3.05) is 69.0 Å². The lowest BCUT2D eigenvalue weighted by Gasteiger charge is -1.92. The van der Waals surface area contributed by atoms with Gasteiger partial charge in [-0.05, 0) is 70.3 Å². The van der Waals surface area contributed by atoms with Crippen molar-refractivity contribution < 1.29 is 0 Å². The average molecular weight is 950 g/mol. The number of rotatable bonds is 32. The summed E-state index contributed by atoms with van der Waals surface area (Å²) in [5, 5.41) is 8.65. The Morgan fingerprint density at radius 2 is 0.540 bits per heavy atom. The van der Waals surface area contributed by atoms with E-state index in [2.05, 4.69) is 99.9 Å². The first-order valence-electron chi connectivity index (χ1n) is 16.1. The van der Waals surface area contributed by atoms with Crippen LogP contribution in [-0.4, -0.2) is 69.0 Å². The Morgan fingerprint density at radius 3 is 0.700 bits per heavy atom. The molecule has 0 aromatic rings. The number of hydrogen-bond donors (Lipinski definition) is 0. The molecule has 0 spiro atoms. The van der Waals surface area contributed by atoms with Crippen molar-refractivity contribution in [2.24, 2.45) is 0 Å². The Morgan fingerprint density at radius 1 is 0.340 bits per heavy atom. The van der Waals surface area contributed by atoms with E-state index in [0.29, 0.717) is 0 Å². The first kappa shape index (κ1) is 64.7. The maximum absolute atomic E-state index is 3.66. The molecule has 0 aromatic heterocycles. The minimum Gasteiger partial charge on any atom is -0.197 e. The lowest BCUT2D eigenvalue weighted by Crippen LogP contribution is -1.74. The molecule has 0 saturated heterocycles. The molecular weight excluding hydrogens is 881 g/mol. The molecule has 0 fully saturated rings. The van der Waals surface area contributed by atoms with Gasteiger partial charge < -0.3 is 0 Å². The molecule has 0 radical (unpaired) electrons. The second-order valence-electron chi connectivity index (χ2n) is 8.46. The fourth-order valence-corrected chi connectivity index (χ4v) is 10.9. The topological polar surface area (TPSA) is 0 Å².